The van der Waals surface area contributed by atoms with E-state index in [2.05, 4.69) is 64.3 Å². The van der Waals surface area contributed by atoms with Crippen LogP contribution in [0.3, 0.4) is 0 Å². The van der Waals surface area contributed by atoms with Gasteiger partial charge in [0.1, 0.15) is 17.6 Å². The number of ether oxygens (including phenoxy) is 1. The molecule has 0 aliphatic heterocycles. The van der Waals surface area contributed by atoms with Crippen LogP contribution in [0.15, 0.2) is 92.0 Å². The van der Waals surface area contributed by atoms with Gasteiger partial charge in [0.2, 0.25) is 0 Å². The molecule has 3 aromatic rings. The summed E-state index contributed by atoms with van der Waals surface area (Å²) in [6, 6.07) is 24.5. The molecule has 3 aromatic carbocycles. The van der Waals surface area contributed by atoms with Gasteiger partial charge in [-0.15, -0.1) is 6.58 Å². The van der Waals surface area contributed by atoms with Gasteiger partial charge in [0, 0.05) is 0 Å². The van der Waals surface area contributed by atoms with Crippen molar-refractivity contribution in [3.8, 4) is 17.6 Å². The minimum atomic E-state index is -0.156. The van der Waals surface area contributed by atoms with Gasteiger partial charge < -0.3 is 4.74 Å². The summed E-state index contributed by atoms with van der Waals surface area (Å²) in [7, 11) is 0. The second kappa shape index (κ2) is 10.2. The number of nitrogens with zero attached hydrogens (tertiary/aromatic N) is 1. The number of allylic oxidation sites excluding steroid dienone is 4. The van der Waals surface area contributed by atoms with Crippen LogP contribution in [0.1, 0.15) is 55.5 Å². The maximum Gasteiger partial charge on any atom is 0.145 e. The second-order valence-corrected chi connectivity index (χ2v) is 9.00. The van der Waals surface area contributed by atoms with Crippen LogP contribution in [0.25, 0.3) is 11.1 Å². The highest BCUT2D eigenvalue weighted by Crippen LogP contribution is 2.37. The largest absolute Gasteiger partial charge is 0.456 e. The molecule has 0 bridgehead atoms. The summed E-state index contributed by atoms with van der Waals surface area (Å²) in [4.78, 5) is 0. The lowest BCUT2D eigenvalue weighted by atomic mass is 9.84. The fraction of sp³-hybridized carbons (Fsp3) is 0.194. The average molecular weight is 434 g/mol. The molecule has 0 atom stereocenters. The first-order chi connectivity index (χ1) is 15.8. The minimum Gasteiger partial charge on any atom is -0.456 e. The fourth-order valence-electron chi connectivity index (χ4n) is 3.95. The fourth-order valence-corrected chi connectivity index (χ4v) is 3.95. The van der Waals surface area contributed by atoms with Gasteiger partial charge >= 0.3 is 0 Å². The molecule has 166 valence electrons. The van der Waals surface area contributed by atoms with E-state index in [4.69, 9.17) is 4.74 Å². The lowest BCUT2D eigenvalue weighted by Crippen LogP contribution is -2.13. The van der Waals surface area contributed by atoms with Crippen molar-refractivity contribution in [3.05, 3.63) is 120 Å². The summed E-state index contributed by atoms with van der Waals surface area (Å²) in [5.74, 6) is 1.29. The molecule has 3 rings (SSSR count). The Morgan fingerprint density at radius 1 is 0.970 bits per heavy atom. The Hall–Kier alpha value is -3.83. The number of rotatable bonds is 7. The molecule has 2 heteroatoms. The first kappa shape index (κ1) is 23.8. The number of nitriles is 1. The number of hydrogen-bond acceptors (Lipinski definition) is 2. The molecular weight excluding hydrogens is 402 g/mol. The van der Waals surface area contributed by atoms with Crippen molar-refractivity contribution in [2.24, 2.45) is 0 Å². The average Bonchev–Trinajstić information content (AvgIpc) is 2.80. The molecule has 0 fully saturated rings. The van der Waals surface area contributed by atoms with Crippen LogP contribution in [0.5, 0.6) is 11.5 Å². The maximum atomic E-state index is 9.86. The molecule has 0 spiro atoms. The van der Waals surface area contributed by atoms with Gasteiger partial charge in [-0.3, -0.25) is 0 Å². The van der Waals surface area contributed by atoms with Gasteiger partial charge in [-0.1, -0.05) is 88.0 Å². The van der Waals surface area contributed by atoms with Gasteiger partial charge in [0.15, 0.2) is 0 Å². The molecule has 0 saturated heterocycles. The summed E-state index contributed by atoms with van der Waals surface area (Å²) < 4.78 is 6.31. The zero-order chi connectivity index (χ0) is 24.0. The minimum absolute atomic E-state index is 0.156. The van der Waals surface area contributed by atoms with Crippen LogP contribution in [0.4, 0.5) is 0 Å². The summed E-state index contributed by atoms with van der Waals surface area (Å²) in [6.07, 6.45) is 4.60. The van der Waals surface area contributed by atoms with Gasteiger partial charge in [-0.25, -0.2) is 0 Å². The highest BCUT2D eigenvalue weighted by molar-refractivity contribution is 6.04. The first-order valence-electron chi connectivity index (χ1n) is 11.2. The van der Waals surface area contributed by atoms with Gasteiger partial charge in [-0.05, 0) is 70.4 Å². The molecule has 0 N–H and O–H groups in total. The zero-order valence-corrected chi connectivity index (χ0v) is 20.0. The van der Waals surface area contributed by atoms with Crippen molar-refractivity contribution < 1.29 is 4.74 Å². The maximum absolute atomic E-state index is 9.86. The van der Waals surface area contributed by atoms with Crippen LogP contribution in [-0.4, -0.2) is 0 Å². The van der Waals surface area contributed by atoms with Crippen molar-refractivity contribution in [3.63, 3.8) is 0 Å². The van der Waals surface area contributed by atoms with Crippen LogP contribution < -0.4 is 4.74 Å². The van der Waals surface area contributed by atoms with E-state index in [0.717, 1.165) is 39.1 Å². The summed E-state index contributed by atoms with van der Waals surface area (Å²) in [5, 5.41) is 9.86. The second-order valence-electron chi connectivity index (χ2n) is 9.00. The Balaban J connectivity index is 2.01. The van der Waals surface area contributed by atoms with E-state index in [1.54, 1.807) is 0 Å². The third kappa shape index (κ3) is 5.33. The third-order valence-corrected chi connectivity index (χ3v) is 5.64. The molecule has 0 aromatic heterocycles. The Bertz CT molecular complexity index is 1230. The standard InChI is InChI=1S/C31H31NO/c1-7-13-25-20-24(22(3)26(8-2)23-14-10-9-11-15-23)18-19-29(25)33-30-17-12-16-28(27(30)21-32)31(4,5)6/h7-12,14-20H,1,3,13H2,2,4-6H3/b26-8+. The molecule has 0 aliphatic rings. The van der Waals surface area contributed by atoms with Gasteiger partial charge in [-0.2, -0.15) is 5.26 Å². The Labute approximate surface area is 198 Å². The zero-order valence-electron chi connectivity index (χ0n) is 20.0. The molecule has 33 heavy (non-hydrogen) atoms. The van der Waals surface area contributed by atoms with Crippen molar-refractivity contribution in [1.82, 2.24) is 0 Å². The third-order valence-electron chi connectivity index (χ3n) is 5.64. The van der Waals surface area contributed by atoms with E-state index >= 15 is 0 Å². The Kier molecular flexibility index (Phi) is 7.36. The lowest BCUT2D eigenvalue weighted by Gasteiger charge is -2.22. The SMILES string of the molecule is C=CCc1cc(C(=C)/C(=C\C)c2ccccc2)ccc1Oc1cccc(C(C)(C)C)c1C#N. The van der Waals surface area contributed by atoms with Gasteiger partial charge in [0.05, 0.1) is 5.56 Å². The smallest absolute Gasteiger partial charge is 0.145 e. The molecule has 0 saturated carbocycles. The number of benzene rings is 3. The normalized spacial score (nSPS) is 11.5. The first-order valence-corrected chi connectivity index (χ1v) is 11.2. The topological polar surface area (TPSA) is 33.0 Å². The molecule has 0 aliphatic carbocycles. The monoisotopic (exact) mass is 433 g/mol. The Morgan fingerprint density at radius 3 is 2.30 bits per heavy atom. The summed E-state index contributed by atoms with van der Waals surface area (Å²) in [6.45, 7) is 16.6. The van der Waals surface area contributed by atoms with Crippen LogP contribution in [0.2, 0.25) is 0 Å². The molecule has 0 amide bonds. The molecule has 0 heterocycles. The van der Waals surface area contributed by atoms with Crippen LogP contribution in [-0.2, 0) is 11.8 Å². The van der Waals surface area contributed by atoms with Crippen molar-refractivity contribution in [1.29, 1.82) is 5.26 Å². The highest BCUT2D eigenvalue weighted by Gasteiger charge is 2.21. The molecule has 0 unspecified atom stereocenters. The summed E-state index contributed by atoms with van der Waals surface area (Å²) in [5.41, 5.74) is 6.59. The number of hydrogen-bond donors (Lipinski definition) is 0. The van der Waals surface area contributed by atoms with E-state index < -0.39 is 0 Å². The quantitative estimate of drug-likeness (QED) is 0.276. The van der Waals surface area contributed by atoms with Crippen LogP contribution >= 0.6 is 0 Å². The van der Waals surface area contributed by atoms with Crippen LogP contribution in [0, 0.1) is 11.3 Å². The highest BCUT2D eigenvalue weighted by atomic mass is 16.5. The van der Waals surface area contributed by atoms with E-state index in [9.17, 15) is 5.26 Å². The predicted molar refractivity (Wildman–Crippen MR) is 139 cm³/mol. The molecular formula is C31H31NO. The lowest BCUT2D eigenvalue weighted by molar-refractivity contribution is 0.472. The van der Waals surface area contributed by atoms with E-state index in [1.807, 2.05) is 61.5 Å². The van der Waals surface area contributed by atoms with E-state index in [0.29, 0.717) is 17.7 Å². The molecule has 0 radical (unpaired) electrons. The molecule has 2 nitrogen and oxygen atoms in total. The van der Waals surface area contributed by atoms with E-state index in [1.165, 1.54) is 0 Å². The van der Waals surface area contributed by atoms with Crippen molar-refractivity contribution in [2.75, 3.05) is 0 Å². The van der Waals surface area contributed by atoms with Crippen molar-refractivity contribution >= 4 is 11.1 Å². The summed E-state index contributed by atoms with van der Waals surface area (Å²) >= 11 is 0. The van der Waals surface area contributed by atoms with Crippen molar-refractivity contribution in [2.45, 2.75) is 39.5 Å². The van der Waals surface area contributed by atoms with Gasteiger partial charge in [0.25, 0.3) is 0 Å². The Morgan fingerprint density at radius 2 is 1.70 bits per heavy atom. The predicted octanol–water partition coefficient (Wildman–Crippen LogP) is 8.49. The van der Waals surface area contributed by atoms with E-state index in [-0.39, 0.29) is 5.41 Å².